The van der Waals surface area contributed by atoms with Gasteiger partial charge in [-0.25, -0.2) is 8.42 Å². The summed E-state index contributed by atoms with van der Waals surface area (Å²) in [5.41, 5.74) is 0.535. The highest BCUT2D eigenvalue weighted by Crippen LogP contribution is 2.27. The lowest BCUT2D eigenvalue weighted by Crippen LogP contribution is -2.55. The monoisotopic (exact) mass is 581 g/mol. The lowest BCUT2D eigenvalue weighted by atomic mass is 10.1. The van der Waals surface area contributed by atoms with Gasteiger partial charge in [0.1, 0.15) is 24.1 Å². The predicted molar refractivity (Wildman–Crippen MR) is 159 cm³/mol. The van der Waals surface area contributed by atoms with Gasteiger partial charge in [-0.3, -0.25) is 13.9 Å². The Morgan fingerprint density at radius 2 is 1.39 bits per heavy atom. The first-order valence-electron chi connectivity index (χ1n) is 13.4. The molecule has 0 aliphatic rings. The predicted octanol–water partition coefficient (Wildman–Crippen LogP) is 4.62. The molecule has 0 saturated heterocycles. The molecule has 10 heteroatoms. The zero-order chi connectivity index (χ0) is 30.2. The van der Waals surface area contributed by atoms with Crippen LogP contribution in [0.5, 0.6) is 11.5 Å². The Hall–Kier alpha value is -4.05. The molecule has 1 atom stereocenters. The molecule has 0 spiro atoms. The van der Waals surface area contributed by atoms with Crippen LogP contribution in [0.2, 0.25) is 0 Å². The summed E-state index contributed by atoms with van der Waals surface area (Å²) in [4.78, 5) is 29.0. The molecular weight excluding hydrogens is 542 g/mol. The van der Waals surface area contributed by atoms with E-state index in [4.69, 9.17) is 9.47 Å². The van der Waals surface area contributed by atoms with Crippen molar-refractivity contribution in [3.63, 3.8) is 0 Å². The van der Waals surface area contributed by atoms with Crippen LogP contribution in [0.15, 0.2) is 83.8 Å². The highest BCUT2D eigenvalue weighted by molar-refractivity contribution is 7.92. The second-order valence-electron chi connectivity index (χ2n) is 10.6. The van der Waals surface area contributed by atoms with E-state index in [1.807, 2.05) is 39.8 Å². The minimum absolute atomic E-state index is 0.0443. The number of hydrogen-bond donors (Lipinski definition) is 1. The number of anilines is 1. The van der Waals surface area contributed by atoms with Crippen molar-refractivity contribution in [3.8, 4) is 11.5 Å². The number of amides is 2. The number of methoxy groups -OCH3 is 2. The Morgan fingerprint density at radius 1 is 0.854 bits per heavy atom. The second-order valence-corrected chi connectivity index (χ2v) is 12.4. The van der Waals surface area contributed by atoms with Crippen LogP contribution in [0.25, 0.3) is 0 Å². The van der Waals surface area contributed by atoms with E-state index in [2.05, 4.69) is 5.32 Å². The fourth-order valence-electron chi connectivity index (χ4n) is 4.30. The molecule has 0 radical (unpaired) electrons. The fraction of sp³-hybridized carbons (Fsp3) is 0.355. The van der Waals surface area contributed by atoms with E-state index in [0.717, 1.165) is 9.87 Å². The third-order valence-electron chi connectivity index (χ3n) is 6.37. The minimum Gasteiger partial charge on any atom is -0.497 e. The maximum Gasteiger partial charge on any atom is 0.264 e. The first kappa shape index (κ1) is 31.5. The van der Waals surface area contributed by atoms with Crippen LogP contribution < -0.4 is 19.1 Å². The molecule has 220 valence electrons. The molecule has 0 aromatic heterocycles. The molecule has 1 N–H and O–H groups in total. The van der Waals surface area contributed by atoms with Gasteiger partial charge in [0.25, 0.3) is 10.0 Å². The molecule has 3 aromatic carbocycles. The molecule has 0 unspecified atom stereocenters. The first-order valence-corrected chi connectivity index (χ1v) is 14.8. The second kappa shape index (κ2) is 13.5. The standard InChI is InChI=1S/C31H39N3O6S/c1-7-28(30(36)32-31(2,3)4)33(21-23-13-17-25(39-5)18-14-23)29(35)22-34(24-15-19-26(40-6)20-16-24)41(37,38)27-11-9-8-10-12-27/h8-20,28H,7,21-22H2,1-6H3,(H,32,36)/t28-/m1/s1. The zero-order valence-corrected chi connectivity index (χ0v) is 25.3. The Labute approximate surface area is 243 Å². The molecule has 0 heterocycles. The van der Waals surface area contributed by atoms with Crippen LogP contribution in [-0.2, 0) is 26.2 Å². The molecular formula is C31H39N3O6S. The molecule has 9 nitrogen and oxygen atoms in total. The summed E-state index contributed by atoms with van der Waals surface area (Å²) in [6, 6.07) is 20.7. The van der Waals surface area contributed by atoms with Crippen LogP contribution in [0.1, 0.15) is 39.7 Å². The average molecular weight is 582 g/mol. The van der Waals surface area contributed by atoms with Gasteiger partial charge in [0.05, 0.1) is 24.8 Å². The Balaban J connectivity index is 2.06. The van der Waals surface area contributed by atoms with E-state index in [1.165, 1.54) is 24.1 Å². The molecule has 0 bridgehead atoms. The number of nitrogens with one attached hydrogen (secondary N) is 1. The summed E-state index contributed by atoms with van der Waals surface area (Å²) >= 11 is 0. The Bertz CT molecular complexity index is 1400. The average Bonchev–Trinajstić information content (AvgIpc) is 2.95. The topological polar surface area (TPSA) is 105 Å². The Morgan fingerprint density at radius 3 is 1.88 bits per heavy atom. The summed E-state index contributed by atoms with van der Waals surface area (Å²) in [5.74, 6) is 0.364. The van der Waals surface area contributed by atoms with E-state index < -0.39 is 34.1 Å². The van der Waals surface area contributed by atoms with Crippen LogP contribution in [0.4, 0.5) is 5.69 Å². The molecule has 0 saturated carbocycles. The molecule has 0 fully saturated rings. The smallest absolute Gasteiger partial charge is 0.264 e. The van der Waals surface area contributed by atoms with Crippen molar-refractivity contribution >= 4 is 27.5 Å². The summed E-state index contributed by atoms with van der Waals surface area (Å²) in [6.07, 6.45) is 0.331. The summed E-state index contributed by atoms with van der Waals surface area (Å²) in [6.45, 7) is 7.00. The van der Waals surface area contributed by atoms with Crippen molar-refractivity contribution < 1.29 is 27.5 Å². The molecule has 2 amide bonds. The van der Waals surface area contributed by atoms with E-state index >= 15 is 0 Å². The van der Waals surface area contributed by atoms with E-state index in [1.54, 1.807) is 61.7 Å². The van der Waals surface area contributed by atoms with Crippen molar-refractivity contribution in [1.82, 2.24) is 10.2 Å². The van der Waals surface area contributed by atoms with Gasteiger partial charge in [0.2, 0.25) is 11.8 Å². The molecule has 41 heavy (non-hydrogen) atoms. The van der Waals surface area contributed by atoms with Gasteiger partial charge in [-0.1, -0.05) is 37.3 Å². The number of hydrogen-bond acceptors (Lipinski definition) is 6. The van der Waals surface area contributed by atoms with Crippen molar-refractivity contribution in [1.29, 1.82) is 0 Å². The highest BCUT2D eigenvalue weighted by Gasteiger charge is 2.34. The largest absolute Gasteiger partial charge is 0.497 e. The van der Waals surface area contributed by atoms with Crippen LogP contribution in [0, 0.1) is 0 Å². The van der Waals surface area contributed by atoms with Crippen molar-refractivity contribution in [2.24, 2.45) is 0 Å². The molecule has 3 rings (SSSR count). The minimum atomic E-state index is -4.14. The maximum atomic E-state index is 14.1. The summed E-state index contributed by atoms with van der Waals surface area (Å²) < 4.78 is 39.3. The lowest BCUT2D eigenvalue weighted by molar-refractivity contribution is -0.141. The van der Waals surface area contributed by atoms with E-state index in [9.17, 15) is 18.0 Å². The third-order valence-corrected chi connectivity index (χ3v) is 8.15. The first-order chi connectivity index (χ1) is 19.4. The number of nitrogens with zero attached hydrogens (tertiary/aromatic N) is 2. The maximum absolute atomic E-state index is 14.1. The van der Waals surface area contributed by atoms with Gasteiger partial charge in [0, 0.05) is 12.1 Å². The van der Waals surface area contributed by atoms with Crippen LogP contribution in [0.3, 0.4) is 0 Å². The van der Waals surface area contributed by atoms with Gasteiger partial charge < -0.3 is 19.7 Å². The van der Waals surface area contributed by atoms with Crippen molar-refractivity contribution in [3.05, 3.63) is 84.4 Å². The van der Waals surface area contributed by atoms with Crippen LogP contribution in [-0.4, -0.2) is 57.5 Å². The van der Waals surface area contributed by atoms with Crippen LogP contribution >= 0.6 is 0 Å². The van der Waals surface area contributed by atoms with E-state index in [0.29, 0.717) is 23.6 Å². The quantitative estimate of drug-likeness (QED) is 0.335. The van der Waals surface area contributed by atoms with Gasteiger partial charge in [-0.05, 0) is 81.3 Å². The van der Waals surface area contributed by atoms with Crippen molar-refractivity contribution in [2.75, 3.05) is 25.1 Å². The van der Waals surface area contributed by atoms with Gasteiger partial charge in [-0.2, -0.15) is 0 Å². The molecule has 0 aliphatic carbocycles. The summed E-state index contributed by atoms with van der Waals surface area (Å²) in [7, 11) is -1.06. The van der Waals surface area contributed by atoms with E-state index in [-0.39, 0.29) is 17.3 Å². The molecule has 0 aliphatic heterocycles. The number of carbonyl (C=O) groups is 2. The SMILES string of the molecule is CC[C@H](C(=O)NC(C)(C)C)N(Cc1ccc(OC)cc1)C(=O)CN(c1ccc(OC)cc1)S(=O)(=O)c1ccccc1. The van der Waals surface area contributed by atoms with Crippen molar-refractivity contribution in [2.45, 2.75) is 57.1 Å². The van der Waals surface area contributed by atoms with Gasteiger partial charge in [0.15, 0.2) is 0 Å². The fourth-order valence-corrected chi connectivity index (χ4v) is 5.73. The number of benzene rings is 3. The van der Waals surface area contributed by atoms with Gasteiger partial charge >= 0.3 is 0 Å². The zero-order valence-electron chi connectivity index (χ0n) is 24.5. The number of sulfonamides is 1. The molecule has 3 aromatic rings. The Kier molecular flexibility index (Phi) is 10.4. The highest BCUT2D eigenvalue weighted by atomic mass is 32.2. The number of carbonyl (C=O) groups excluding carboxylic acids is 2. The lowest BCUT2D eigenvalue weighted by Gasteiger charge is -2.34. The third kappa shape index (κ3) is 8.23. The normalized spacial score (nSPS) is 12.2. The number of rotatable bonds is 12. The summed E-state index contributed by atoms with van der Waals surface area (Å²) in [5, 5.41) is 2.96. The van der Waals surface area contributed by atoms with Gasteiger partial charge in [-0.15, -0.1) is 0 Å². The number of ether oxygens (including phenoxy) is 2.